The molecule has 1 aromatic carbocycles. The number of likely N-dealkylation sites (N-methyl/N-ethyl adjacent to an activating group) is 2. The van der Waals surface area contributed by atoms with Gasteiger partial charge >= 0.3 is 6.09 Å². The molecule has 0 spiro atoms. The number of likely N-dealkylation sites (tertiary alicyclic amines) is 1. The second-order valence-corrected chi connectivity index (χ2v) is 17.6. The maximum atomic E-state index is 14.3. The van der Waals surface area contributed by atoms with Crippen LogP contribution in [-0.2, 0) is 40.0 Å². The van der Waals surface area contributed by atoms with Gasteiger partial charge in [-0.3, -0.25) is 19.3 Å². The van der Waals surface area contributed by atoms with Crippen LogP contribution >= 0.6 is 0 Å². The summed E-state index contributed by atoms with van der Waals surface area (Å²) in [6.45, 7) is 15.5. The summed E-state index contributed by atoms with van der Waals surface area (Å²) < 4.78 is 17.1. The number of amides is 4. The molecule has 0 saturated carbocycles. The lowest BCUT2D eigenvalue weighted by molar-refractivity contribution is -0.147. The molecule has 2 aliphatic rings. The van der Waals surface area contributed by atoms with Gasteiger partial charge in [0, 0.05) is 52.5 Å². The molecule has 10 N–H and O–H groups in total. The van der Waals surface area contributed by atoms with E-state index in [1.165, 1.54) is 33.2 Å². The maximum Gasteiger partial charge on any atom is 0.410 e. The van der Waals surface area contributed by atoms with Gasteiger partial charge in [-0.05, 0) is 87.7 Å². The van der Waals surface area contributed by atoms with E-state index >= 15 is 0 Å². The number of carbonyl (C=O) groups is 5. The van der Waals surface area contributed by atoms with Crippen molar-refractivity contribution in [3.8, 4) is 0 Å². The fraction of sp³-hybridized carbons (Fsp3) is 0.694. The number of nitrogens with two attached hydrogens (primary N) is 4. The summed E-state index contributed by atoms with van der Waals surface area (Å²) in [6, 6.07) is 4.22. The zero-order valence-electron chi connectivity index (χ0n) is 42.6. The van der Waals surface area contributed by atoms with Gasteiger partial charge in [0.15, 0.2) is 0 Å². The number of nitrogen functional groups attached to an aromatic ring is 1. The summed E-state index contributed by atoms with van der Waals surface area (Å²) in [4.78, 5) is 71.3. The number of methoxy groups -OCH3 is 2. The first kappa shape index (κ1) is 61.6. The number of aliphatic hydroxyl groups is 1. The molecule has 1 fully saturated rings. The average molecular weight is 933 g/mol. The molecule has 10 atom stereocenters. The minimum Gasteiger partial charge on any atom is -0.445 e. The lowest BCUT2D eigenvalue weighted by atomic mass is 9.89. The van der Waals surface area contributed by atoms with Crippen molar-refractivity contribution >= 4 is 35.8 Å². The first-order chi connectivity index (χ1) is 31.2. The Kier molecular flexibility index (Phi) is 30.2. The van der Waals surface area contributed by atoms with Gasteiger partial charge in [0.2, 0.25) is 17.7 Å². The van der Waals surface area contributed by atoms with E-state index in [2.05, 4.69) is 22.9 Å². The zero-order chi connectivity index (χ0) is 50.8. The predicted molar refractivity (Wildman–Crippen MR) is 263 cm³/mol. The molecule has 10 unspecified atom stereocenters. The van der Waals surface area contributed by atoms with Crippen molar-refractivity contribution in [1.29, 1.82) is 0 Å². The minimum atomic E-state index is -0.919. The van der Waals surface area contributed by atoms with Gasteiger partial charge in [0.05, 0.1) is 36.8 Å². The molecule has 0 radical (unpaired) electrons. The van der Waals surface area contributed by atoms with Crippen molar-refractivity contribution in [3.63, 3.8) is 0 Å². The molecule has 17 heteroatoms. The standard InChI is InChI=1S/C38H63N5O8.C9H15NO.2CH5N/c1-12-25(6)34(30(49-10)20-31(45)43-19-13-14-29(43)35(50-11)26(7)21-44)41(8)37(47)32(23(2)3)40-36(46)33(24(4)5)42(9)38(48)51-22-27-15-17-28(39)18-16-27;1-7(10)9(11)8-5-3-2-4-6-8;2*1-2/h15-18,21,23-26,29-30,32-35H,12-14,19-20,22,39H2,1-11H3,(H,40,46);3,5-7,9,11H,2,4,10H2,1H3;2*2H2,1H3. The molecular formula is C49H88N8O9. The highest BCUT2D eigenvalue weighted by molar-refractivity contribution is 5.91. The Morgan fingerprint density at radius 3 is 2.00 bits per heavy atom. The monoisotopic (exact) mass is 933 g/mol. The van der Waals surface area contributed by atoms with E-state index in [1.54, 1.807) is 55.1 Å². The van der Waals surface area contributed by atoms with Crippen molar-refractivity contribution in [1.82, 2.24) is 20.0 Å². The smallest absolute Gasteiger partial charge is 0.410 e. The Balaban J connectivity index is 0.00000240. The lowest BCUT2D eigenvalue weighted by Gasteiger charge is -2.41. The molecule has 1 aromatic rings. The van der Waals surface area contributed by atoms with Crippen LogP contribution in [0.15, 0.2) is 48.1 Å². The molecule has 0 bridgehead atoms. The highest BCUT2D eigenvalue weighted by atomic mass is 16.6. The molecule has 1 aliphatic heterocycles. The normalized spacial score (nSPS) is 18.4. The number of hydrogen-bond donors (Lipinski definition) is 6. The topological polar surface area (TPSA) is 259 Å². The summed E-state index contributed by atoms with van der Waals surface area (Å²) in [5.41, 5.74) is 22.6. The molecule has 66 heavy (non-hydrogen) atoms. The van der Waals surface area contributed by atoms with Crippen molar-refractivity contribution in [2.45, 2.75) is 149 Å². The van der Waals surface area contributed by atoms with E-state index in [4.69, 9.17) is 25.7 Å². The summed E-state index contributed by atoms with van der Waals surface area (Å²) >= 11 is 0. The van der Waals surface area contributed by atoms with Crippen LogP contribution in [0.3, 0.4) is 0 Å². The fourth-order valence-corrected chi connectivity index (χ4v) is 8.29. The Morgan fingerprint density at radius 1 is 0.924 bits per heavy atom. The molecular weight excluding hydrogens is 845 g/mol. The van der Waals surface area contributed by atoms with Gasteiger partial charge < -0.3 is 62.2 Å². The molecule has 1 heterocycles. The van der Waals surface area contributed by atoms with E-state index in [0.29, 0.717) is 18.7 Å². The third kappa shape index (κ3) is 18.7. The molecule has 0 aromatic heterocycles. The van der Waals surface area contributed by atoms with E-state index < -0.39 is 48.4 Å². The predicted octanol–water partition coefficient (Wildman–Crippen LogP) is 4.24. The number of hydrogen-bond acceptors (Lipinski definition) is 13. The lowest BCUT2D eigenvalue weighted by Crippen LogP contribution is -2.60. The van der Waals surface area contributed by atoms with Gasteiger partial charge in [-0.15, -0.1) is 0 Å². The number of nitrogens with zero attached hydrogens (tertiary/aromatic N) is 3. The van der Waals surface area contributed by atoms with Gasteiger partial charge in [0.1, 0.15) is 25.0 Å². The summed E-state index contributed by atoms with van der Waals surface area (Å²) in [7, 11) is 9.29. The number of rotatable bonds is 21. The van der Waals surface area contributed by atoms with E-state index in [0.717, 1.165) is 43.1 Å². The highest BCUT2D eigenvalue weighted by Crippen LogP contribution is 2.29. The van der Waals surface area contributed by atoms with E-state index in [-0.39, 0.29) is 60.6 Å². The maximum absolute atomic E-state index is 14.3. The van der Waals surface area contributed by atoms with Crippen molar-refractivity contribution in [2.75, 3.05) is 54.7 Å². The highest BCUT2D eigenvalue weighted by Gasteiger charge is 2.42. The molecule has 3 rings (SSSR count). The number of allylic oxidation sites excluding steroid dienone is 2. The van der Waals surface area contributed by atoms with E-state index in [9.17, 15) is 29.1 Å². The van der Waals surface area contributed by atoms with Crippen LogP contribution in [0.1, 0.15) is 99.5 Å². The van der Waals surface area contributed by atoms with Crippen LogP contribution in [0.2, 0.25) is 0 Å². The Morgan fingerprint density at radius 2 is 1.53 bits per heavy atom. The molecule has 378 valence electrons. The third-order valence-corrected chi connectivity index (χ3v) is 12.1. The Bertz CT molecular complexity index is 1640. The van der Waals surface area contributed by atoms with Crippen molar-refractivity contribution < 1.29 is 43.3 Å². The largest absolute Gasteiger partial charge is 0.445 e. The van der Waals surface area contributed by atoms with Crippen LogP contribution in [0.25, 0.3) is 0 Å². The second-order valence-electron chi connectivity index (χ2n) is 17.6. The second kappa shape index (κ2) is 32.3. The third-order valence-electron chi connectivity index (χ3n) is 12.1. The quantitative estimate of drug-likeness (QED) is 0.0746. The zero-order valence-corrected chi connectivity index (χ0v) is 42.6. The van der Waals surface area contributed by atoms with E-state index in [1.807, 2.05) is 60.6 Å². The number of carbonyl (C=O) groups excluding carboxylic acids is 5. The summed E-state index contributed by atoms with van der Waals surface area (Å²) in [5, 5.41) is 12.4. The molecule has 17 nitrogen and oxygen atoms in total. The number of ether oxygens (including phenoxy) is 3. The number of aldehydes is 1. The summed E-state index contributed by atoms with van der Waals surface area (Å²) in [6.07, 6.45) is 9.08. The molecule has 1 saturated heterocycles. The van der Waals surface area contributed by atoms with Crippen molar-refractivity contribution in [2.24, 2.45) is 40.9 Å². The Hall–Kier alpha value is -4.39. The van der Waals surface area contributed by atoms with Crippen LogP contribution in [-0.4, -0.2) is 147 Å². The molecule has 4 amide bonds. The van der Waals surface area contributed by atoms with Crippen LogP contribution in [0.5, 0.6) is 0 Å². The first-order valence-electron chi connectivity index (χ1n) is 23.3. The summed E-state index contributed by atoms with van der Waals surface area (Å²) in [5.74, 6) is -1.95. The number of aliphatic hydroxyl groups excluding tert-OH is 1. The van der Waals surface area contributed by atoms with Gasteiger partial charge in [-0.1, -0.05) is 85.2 Å². The number of benzene rings is 1. The average Bonchev–Trinajstić information content (AvgIpc) is 3.81. The van der Waals surface area contributed by atoms with Crippen molar-refractivity contribution in [3.05, 3.63) is 53.6 Å². The fourth-order valence-electron chi connectivity index (χ4n) is 8.29. The van der Waals surface area contributed by atoms with Gasteiger partial charge in [0.25, 0.3) is 0 Å². The number of anilines is 1. The van der Waals surface area contributed by atoms with Crippen LogP contribution < -0.4 is 28.3 Å². The van der Waals surface area contributed by atoms with Gasteiger partial charge in [-0.2, -0.15) is 0 Å². The number of nitrogens with one attached hydrogen (secondary N) is 1. The molecule has 1 aliphatic carbocycles. The SMILES string of the molecule is CC(N)C(O)C1=CCCC=C1.CCC(C)C(C(CC(=O)N1CCCC1C(OC)C(C)C=O)OC)N(C)C(=O)C(NC(=O)C(C(C)C)N(C)C(=O)OCc1ccc(N)cc1)C(C)C.CN.CN. The first-order valence-corrected chi connectivity index (χ1v) is 23.3. The Labute approximate surface area is 396 Å². The van der Waals surface area contributed by atoms with Crippen LogP contribution in [0, 0.1) is 23.7 Å². The minimum absolute atomic E-state index is 0.0111. The van der Waals surface area contributed by atoms with Crippen LogP contribution in [0.4, 0.5) is 10.5 Å². The van der Waals surface area contributed by atoms with Gasteiger partial charge in [-0.25, -0.2) is 4.79 Å².